The second kappa shape index (κ2) is 7.69. The number of H-pyrrole nitrogens is 1. The van der Waals surface area contributed by atoms with E-state index in [1.165, 1.54) is 23.9 Å². The van der Waals surface area contributed by atoms with E-state index in [1.54, 1.807) is 0 Å². The zero-order valence-corrected chi connectivity index (χ0v) is 15.8. The van der Waals surface area contributed by atoms with Crippen LogP contribution in [0.25, 0.3) is 0 Å². The van der Waals surface area contributed by atoms with Crippen LogP contribution < -0.4 is 11.2 Å². The first kappa shape index (κ1) is 18.0. The van der Waals surface area contributed by atoms with Gasteiger partial charge in [-0.2, -0.15) is 0 Å². The number of nitrogens with zero attached hydrogens (tertiary/aromatic N) is 1. The van der Waals surface area contributed by atoms with Crippen LogP contribution in [0.5, 0.6) is 0 Å². The molecule has 0 radical (unpaired) electrons. The molecule has 0 saturated carbocycles. The maximum atomic E-state index is 12.1. The molecule has 0 aromatic carbocycles. The van der Waals surface area contributed by atoms with Crippen molar-refractivity contribution in [3.63, 3.8) is 0 Å². The van der Waals surface area contributed by atoms with Crippen LogP contribution in [0.2, 0.25) is 0 Å². The summed E-state index contributed by atoms with van der Waals surface area (Å²) in [6, 6.07) is 1.27. The fraction of sp³-hybridized carbons (Fsp3) is 0.692. The molecule has 0 amide bonds. The van der Waals surface area contributed by atoms with Crippen molar-refractivity contribution in [1.82, 2.24) is 9.55 Å². The Morgan fingerprint density at radius 3 is 2.76 bits per heavy atom. The second-order valence-electron chi connectivity index (χ2n) is 5.49. The van der Waals surface area contributed by atoms with E-state index in [0.29, 0.717) is 6.61 Å². The van der Waals surface area contributed by atoms with Crippen molar-refractivity contribution < 1.29 is 23.5 Å². The lowest BCUT2D eigenvalue weighted by Gasteiger charge is -2.21. The molecule has 3 fully saturated rings. The van der Waals surface area contributed by atoms with Gasteiger partial charge in [-0.25, -0.2) is 4.79 Å². The summed E-state index contributed by atoms with van der Waals surface area (Å²) in [4.78, 5) is 25.6. The van der Waals surface area contributed by atoms with Gasteiger partial charge in [-0.3, -0.25) is 14.3 Å². The molecule has 25 heavy (non-hydrogen) atoms. The molecule has 9 nitrogen and oxygen atoms in total. The Morgan fingerprint density at radius 2 is 2.04 bits per heavy atom. The zero-order chi connectivity index (χ0) is 17.4. The topological polar surface area (TPSA) is 101 Å². The molecule has 12 heteroatoms. The van der Waals surface area contributed by atoms with Crippen molar-refractivity contribution in [2.24, 2.45) is 0 Å². The summed E-state index contributed by atoms with van der Waals surface area (Å²) < 4.78 is 29.8. The summed E-state index contributed by atoms with van der Waals surface area (Å²) in [6.07, 6.45) is -0.666. The molecule has 5 atom stereocenters. The van der Waals surface area contributed by atoms with Crippen LogP contribution in [-0.4, -0.2) is 59.6 Å². The summed E-state index contributed by atoms with van der Waals surface area (Å²) in [6.45, 7) is -1.03. The molecule has 3 aliphatic rings. The van der Waals surface area contributed by atoms with Gasteiger partial charge in [0.2, 0.25) is 0 Å². The van der Waals surface area contributed by atoms with Gasteiger partial charge in [0.05, 0.1) is 6.61 Å². The van der Waals surface area contributed by atoms with Gasteiger partial charge in [-0.1, -0.05) is 22.8 Å². The summed E-state index contributed by atoms with van der Waals surface area (Å²) in [5.74, 6) is 2.18. The van der Waals surface area contributed by atoms with Crippen molar-refractivity contribution in [2.75, 3.05) is 25.2 Å². The van der Waals surface area contributed by atoms with Crippen molar-refractivity contribution in [3.8, 4) is 0 Å². The normalized spacial score (nSPS) is 35.3. The lowest BCUT2D eigenvalue weighted by atomic mass is 10.1. The van der Waals surface area contributed by atoms with Crippen molar-refractivity contribution in [2.45, 2.75) is 31.0 Å². The highest BCUT2D eigenvalue weighted by Crippen LogP contribution is 2.66. The van der Waals surface area contributed by atoms with E-state index >= 15 is 0 Å². The molecule has 3 aliphatic heterocycles. The number of aromatic amines is 1. The Balaban J connectivity index is 1.53. The molecular formula is C13H17N2O7PS2. The lowest BCUT2D eigenvalue weighted by molar-refractivity contribution is -0.256. The SMILES string of the molecule is COC1OC2C(COP3SCCS3)OC(n3ccc(=O)[nH]c3=O)C2O1. The van der Waals surface area contributed by atoms with E-state index in [0.717, 1.165) is 11.5 Å². The average molecular weight is 408 g/mol. The molecular weight excluding hydrogens is 391 g/mol. The summed E-state index contributed by atoms with van der Waals surface area (Å²) in [5, 5.41) is 0. The second-order valence-corrected chi connectivity index (χ2v) is 11.8. The quantitative estimate of drug-likeness (QED) is 0.711. The number of ether oxygens (including phenoxy) is 4. The van der Waals surface area contributed by atoms with Crippen LogP contribution in [-0.2, 0) is 23.5 Å². The molecule has 0 aliphatic carbocycles. The fourth-order valence-corrected chi connectivity index (χ4v) is 9.54. The van der Waals surface area contributed by atoms with Crippen LogP contribution >= 0.6 is 29.3 Å². The zero-order valence-electron chi connectivity index (χ0n) is 13.2. The highest BCUT2D eigenvalue weighted by Gasteiger charge is 2.54. The largest absolute Gasteiger partial charge is 0.346 e. The number of fused-ring (bicyclic) bond motifs is 1. The van der Waals surface area contributed by atoms with Gasteiger partial charge in [0, 0.05) is 30.9 Å². The minimum absolute atomic E-state index is 0.348. The molecule has 0 bridgehead atoms. The van der Waals surface area contributed by atoms with Gasteiger partial charge >= 0.3 is 5.69 Å². The Labute approximate surface area is 152 Å². The molecule has 5 unspecified atom stereocenters. The maximum absolute atomic E-state index is 12.1. The number of methoxy groups -OCH3 is 1. The van der Waals surface area contributed by atoms with Crippen molar-refractivity contribution >= 4 is 29.3 Å². The molecule has 138 valence electrons. The Hall–Kier alpha value is -0.390. The van der Waals surface area contributed by atoms with E-state index < -0.39 is 48.8 Å². The highest BCUT2D eigenvalue weighted by molar-refractivity contribution is 8.88. The predicted octanol–water partition coefficient (Wildman–Crippen LogP) is 0.871. The number of hydrogen-bond donors (Lipinski definition) is 1. The van der Waals surface area contributed by atoms with Crippen LogP contribution in [0, 0.1) is 0 Å². The van der Waals surface area contributed by atoms with Gasteiger partial charge in [0.15, 0.2) is 12.8 Å². The van der Waals surface area contributed by atoms with E-state index in [-0.39, 0.29) is 0 Å². The summed E-state index contributed by atoms with van der Waals surface area (Å²) in [7, 11) is 1.48. The first-order valence-electron chi connectivity index (χ1n) is 7.65. The van der Waals surface area contributed by atoms with Crippen LogP contribution in [0.15, 0.2) is 21.9 Å². The molecule has 0 spiro atoms. The smallest absolute Gasteiger partial charge is 0.330 e. The highest BCUT2D eigenvalue weighted by atomic mass is 33.1. The van der Waals surface area contributed by atoms with E-state index in [1.807, 2.05) is 22.8 Å². The van der Waals surface area contributed by atoms with E-state index in [9.17, 15) is 9.59 Å². The van der Waals surface area contributed by atoms with Gasteiger partial charge in [-0.15, -0.1) is 0 Å². The maximum Gasteiger partial charge on any atom is 0.330 e. The number of aromatic nitrogens is 2. The molecule has 1 aromatic heterocycles. The molecule has 4 heterocycles. The van der Waals surface area contributed by atoms with Crippen LogP contribution in [0.3, 0.4) is 0 Å². The Morgan fingerprint density at radius 1 is 1.28 bits per heavy atom. The molecule has 3 saturated heterocycles. The Bertz CT molecular complexity index is 725. The average Bonchev–Trinajstić information content (AvgIpc) is 3.30. The standard InChI is InChI=1S/C13H17N2O7PS2/c1-18-13-21-9-7(6-19-23-24-4-5-25-23)20-11(10(9)22-13)15-3-2-8(16)14-12(15)17/h2-3,7,9-11,13H,4-6H2,1H3,(H,14,16,17). The first-order valence-corrected chi connectivity index (χ1v) is 12.1. The molecule has 1 aromatic rings. The number of rotatable bonds is 5. The van der Waals surface area contributed by atoms with Gasteiger partial charge in [0.25, 0.3) is 12.0 Å². The van der Waals surface area contributed by atoms with Gasteiger partial charge in [0.1, 0.15) is 18.3 Å². The van der Waals surface area contributed by atoms with Crippen LogP contribution in [0.4, 0.5) is 0 Å². The lowest BCUT2D eigenvalue weighted by Crippen LogP contribution is -2.36. The number of nitrogens with one attached hydrogen (secondary N) is 1. The number of hydrogen-bond acceptors (Lipinski definition) is 9. The van der Waals surface area contributed by atoms with Crippen molar-refractivity contribution in [3.05, 3.63) is 33.1 Å². The minimum Gasteiger partial charge on any atom is -0.346 e. The first-order chi connectivity index (χ1) is 12.2. The fourth-order valence-electron chi connectivity index (χ4n) is 2.87. The van der Waals surface area contributed by atoms with E-state index in [2.05, 4.69) is 4.98 Å². The van der Waals surface area contributed by atoms with E-state index in [4.69, 9.17) is 23.5 Å². The summed E-state index contributed by atoms with van der Waals surface area (Å²) in [5.41, 5.74) is -1.03. The molecule has 1 N–H and O–H groups in total. The third kappa shape index (κ3) is 3.70. The third-order valence-electron chi connectivity index (χ3n) is 3.96. The molecule has 4 rings (SSSR count). The summed E-state index contributed by atoms with van der Waals surface area (Å²) >= 11 is 3.63. The predicted molar refractivity (Wildman–Crippen MR) is 93.6 cm³/mol. The monoisotopic (exact) mass is 408 g/mol. The Kier molecular flexibility index (Phi) is 5.54. The third-order valence-corrected chi connectivity index (χ3v) is 10.7. The van der Waals surface area contributed by atoms with Crippen LogP contribution in [0.1, 0.15) is 6.23 Å². The van der Waals surface area contributed by atoms with Crippen molar-refractivity contribution in [1.29, 1.82) is 0 Å². The minimum atomic E-state index is -0.816. The van der Waals surface area contributed by atoms with Gasteiger partial charge in [-0.05, 0) is 0 Å². The van der Waals surface area contributed by atoms with Gasteiger partial charge < -0.3 is 23.5 Å².